The molecule has 2 saturated heterocycles. The van der Waals surface area contributed by atoms with Crippen molar-refractivity contribution in [1.29, 1.82) is 0 Å². The maximum atomic E-state index is 9.75. The van der Waals surface area contributed by atoms with Crippen LogP contribution < -0.4 is 5.32 Å². The van der Waals surface area contributed by atoms with E-state index in [4.69, 9.17) is 9.47 Å². The molecule has 2 fully saturated rings. The Balaban J connectivity index is 1.93. The van der Waals surface area contributed by atoms with Gasteiger partial charge in [-0.05, 0) is 33.6 Å². The molecule has 0 aromatic carbocycles. The van der Waals surface area contributed by atoms with E-state index in [1.54, 1.807) is 0 Å². The predicted octanol–water partition coefficient (Wildman–Crippen LogP) is 1.07. The summed E-state index contributed by atoms with van der Waals surface area (Å²) in [6, 6.07) is 0.412. The molecular formula is C13H25NO3. The summed E-state index contributed by atoms with van der Waals surface area (Å²) in [6.45, 7) is 8.25. The first kappa shape index (κ1) is 13.3. The van der Waals surface area contributed by atoms with Crippen LogP contribution >= 0.6 is 0 Å². The molecule has 3 unspecified atom stereocenters. The molecule has 0 saturated carbocycles. The van der Waals surface area contributed by atoms with Crippen molar-refractivity contribution in [1.82, 2.24) is 5.32 Å². The molecule has 1 spiro atoms. The lowest BCUT2D eigenvalue weighted by molar-refractivity contribution is -0.0941. The van der Waals surface area contributed by atoms with Crippen LogP contribution in [0.5, 0.6) is 0 Å². The molecule has 2 rings (SSSR count). The van der Waals surface area contributed by atoms with Crippen molar-refractivity contribution in [2.24, 2.45) is 0 Å². The lowest BCUT2D eigenvalue weighted by atomic mass is 9.87. The number of ether oxygens (including phenoxy) is 2. The fourth-order valence-corrected chi connectivity index (χ4v) is 2.66. The second kappa shape index (κ2) is 4.84. The third-order valence-electron chi connectivity index (χ3n) is 4.18. The Labute approximate surface area is 104 Å². The van der Waals surface area contributed by atoms with Crippen LogP contribution in [0.15, 0.2) is 0 Å². The summed E-state index contributed by atoms with van der Waals surface area (Å²) in [4.78, 5) is 0. The molecule has 0 amide bonds. The van der Waals surface area contributed by atoms with E-state index in [-0.39, 0.29) is 17.2 Å². The van der Waals surface area contributed by atoms with Gasteiger partial charge in [0.2, 0.25) is 0 Å². The highest BCUT2D eigenvalue weighted by atomic mass is 16.6. The normalized spacial score (nSPS) is 36.4. The van der Waals surface area contributed by atoms with Gasteiger partial charge in [0.05, 0.1) is 18.3 Å². The smallest absolute Gasteiger partial charge is 0.0951 e. The minimum atomic E-state index is -0.360. The first-order valence-corrected chi connectivity index (χ1v) is 6.61. The van der Waals surface area contributed by atoms with Gasteiger partial charge in [-0.3, -0.25) is 0 Å². The zero-order valence-corrected chi connectivity index (χ0v) is 11.2. The van der Waals surface area contributed by atoms with E-state index in [1.807, 2.05) is 20.8 Å². The van der Waals surface area contributed by atoms with Gasteiger partial charge in [0.15, 0.2) is 0 Å². The molecule has 17 heavy (non-hydrogen) atoms. The molecule has 4 nitrogen and oxygen atoms in total. The maximum Gasteiger partial charge on any atom is 0.0951 e. The monoisotopic (exact) mass is 243 g/mol. The Morgan fingerprint density at radius 2 is 2.18 bits per heavy atom. The van der Waals surface area contributed by atoms with Gasteiger partial charge < -0.3 is 19.9 Å². The summed E-state index contributed by atoms with van der Waals surface area (Å²) >= 11 is 0. The van der Waals surface area contributed by atoms with Crippen LogP contribution in [0.3, 0.4) is 0 Å². The SMILES string of the molecule is CC(O)C(C)(C)NC1CCOC2(CCOC2)C1. The number of hydrogen-bond acceptors (Lipinski definition) is 4. The number of aliphatic hydroxyl groups is 1. The first-order chi connectivity index (χ1) is 7.94. The van der Waals surface area contributed by atoms with Crippen molar-refractivity contribution in [2.75, 3.05) is 19.8 Å². The maximum absolute atomic E-state index is 9.75. The van der Waals surface area contributed by atoms with Gasteiger partial charge >= 0.3 is 0 Å². The number of rotatable bonds is 3. The van der Waals surface area contributed by atoms with Crippen LogP contribution in [0.2, 0.25) is 0 Å². The fraction of sp³-hybridized carbons (Fsp3) is 1.00. The molecule has 100 valence electrons. The number of hydrogen-bond donors (Lipinski definition) is 2. The largest absolute Gasteiger partial charge is 0.392 e. The minimum Gasteiger partial charge on any atom is -0.392 e. The molecular weight excluding hydrogens is 218 g/mol. The zero-order valence-electron chi connectivity index (χ0n) is 11.2. The Morgan fingerprint density at radius 3 is 2.76 bits per heavy atom. The van der Waals surface area contributed by atoms with Crippen LogP contribution in [0.1, 0.15) is 40.0 Å². The van der Waals surface area contributed by atoms with E-state index in [1.165, 1.54) is 0 Å². The summed E-state index contributed by atoms with van der Waals surface area (Å²) in [5, 5.41) is 13.3. The molecule has 2 aliphatic heterocycles. The second-order valence-electron chi connectivity index (χ2n) is 6.07. The van der Waals surface area contributed by atoms with E-state index in [9.17, 15) is 5.11 Å². The van der Waals surface area contributed by atoms with Gasteiger partial charge in [-0.15, -0.1) is 0 Å². The molecule has 2 heterocycles. The highest BCUT2D eigenvalue weighted by Gasteiger charge is 2.42. The summed E-state index contributed by atoms with van der Waals surface area (Å²) in [6.07, 6.45) is 2.64. The van der Waals surface area contributed by atoms with Gasteiger partial charge in [0.1, 0.15) is 0 Å². The summed E-state index contributed by atoms with van der Waals surface area (Å²) in [5.41, 5.74) is -0.312. The van der Waals surface area contributed by atoms with Crippen LogP contribution in [0, 0.1) is 0 Å². The highest BCUT2D eigenvalue weighted by Crippen LogP contribution is 2.33. The molecule has 0 aromatic rings. The van der Waals surface area contributed by atoms with E-state index in [0.29, 0.717) is 6.04 Å². The Bertz CT molecular complexity index is 257. The summed E-state index contributed by atoms with van der Waals surface area (Å²) < 4.78 is 11.4. The number of nitrogens with one attached hydrogen (secondary N) is 1. The van der Waals surface area contributed by atoms with Crippen molar-refractivity contribution in [3.05, 3.63) is 0 Å². The minimum absolute atomic E-state index is 0.0648. The van der Waals surface area contributed by atoms with Gasteiger partial charge in [-0.25, -0.2) is 0 Å². The molecule has 0 aliphatic carbocycles. The Hall–Kier alpha value is -0.160. The van der Waals surface area contributed by atoms with Crippen LogP contribution in [-0.4, -0.2) is 48.2 Å². The third kappa shape index (κ3) is 2.99. The Morgan fingerprint density at radius 1 is 1.41 bits per heavy atom. The molecule has 2 aliphatic rings. The summed E-state index contributed by atoms with van der Waals surface area (Å²) in [5.74, 6) is 0. The van der Waals surface area contributed by atoms with Crippen molar-refractivity contribution in [3.8, 4) is 0 Å². The van der Waals surface area contributed by atoms with E-state index in [2.05, 4.69) is 5.32 Å². The van der Waals surface area contributed by atoms with E-state index >= 15 is 0 Å². The quantitative estimate of drug-likeness (QED) is 0.778. The topological polar surface area (TPSA) is 50.7 Å². The molecule has 3 atom stereocenters. The molecule has 2 N–H and O–H groups in total. The van der Waals surface area contributed by atoms with E-state index in [0.717, 1.165) is 39.1 Å². The zero-order chi connectivity index (χ0) is 12.5. The fourth-order valence-electron chi connectivity index (χ4n) is 2.66. The average Bonchev–Trinajstić information content (AvgIpc) is 2.65. The number of aliphatic hydroxyl groups excluding tert-OH is 1. The van der Waals surface area contributed by atoms with Crippen molar-refractivity contribution < 1.29 is 14.6 Å². The van der Waals surface area contributed by atoms with Crippen molar-refractivity contribution in [3.63, 3.8) is 0 Å². The van der Waals surface area contributed by atoms with Crippen LogP contribution in [-0.2, 0) is 9.47 Å². The van der Waals surface area contributed by atoms with Crippen molar-refractivity contribution >= 4 is 0 Å². The highest BCUT2D eigenvalue weighted by molar-refractivity contribution is 4.96. The molecule has 0 aromatic heterocycles. The van der Waals surface area contributed by atoms with Gasteiger partial charge in [-0.1, -0.05) is 0 Å². The average molecular weight is 243 g/mol. The Kier molecular flexibility index (Phi) is 3.78. The lowest BCUT2D eigenvalue weighted by Crippen LogP contribution is -2.57. The van der Waals surface area contributed by atoms with Gasteiger partial charge in [0, 0.05) is 31.2 Å². The standard InChI is InChI=1S/C13H25NO3/c1-10(15)12(2,3)14-11-4-6-17-13(8-11)5-7-16-9-13/h10-11,14-15H,4-9H2,1-3H3. The lowest BCUT2D eigenvalue weighted by Gasteiger charge is -2.42. The van der Waals surface area contributed by atoms with Crippen molar-refractivity contribution in [2.45, 2.75) is 63.3 Å². The molecule has 0 radical (unpaired) electrons. The summed E-state index contributed by atoms with van der Waals surface area (Å²) in [7, 11) is 0. The molecule has 4 heteroatoms. The second-order valence-corrected chi connectivity index (χ2v) is 6.07. The van der Waals surface area contributed by atoms with Gasteiger partial charge in [0.25, 0.3) is 0 Å². The predicted molar refractivity (Wildman–Crippen MR) is 66.0 cm³/mol. The third-order valence-corrected chi connectivity index (χ3v) is 4.18. The van der Waals surface area contributed by atoms with Crippen LogP contribution in [0.4, 0.5) is 0 Å². The van der Waals surface area contributed by atoms with Gasteiger partial charge in [-0.2, -0.15) is 0 Å². The molecule has 0 bridgehead atoms. The van der Waals surface area contributed by atoms with Crippen LogP contribution in [0.25, 0.3) is 0 Å². The van der Waals surface area contributed by atoms with E-state index < -0.39 is 0 Å². The first-order valence-electron chi connectivity index (χ1n) is 6.61.